The number of nitrogens with zero attached hydrogens (tertiary/aromatic N) is 5. The number of carbonyl (C=O) groups is 3. The molecular formula is C31H37N5O5. The van der Waals surface area contributed by atoms with Crippen molar-refractivity contribution in [2.45, 2.75) is 32.4 Å². The summed E-state index contributed by atoms with van der Waals surface area (Å²) in [5, 5.41) is 9.95. The van der Waals surface area contributed by atoms with E-state index in [9.17, 15) is 19.5 Å². The highest BCUT2D eigenvalue weighted by Crippen LogP contribution is 2.31. The lowest BCUT2D eigenvalue weighted by atomic mass is 9.98. The van der Waals surface area contributed by atoms with E-state index in [0.717, 1.165) is 5.56 Å². The van der Waals surface area contributed by atoms with E-state index < -0.39 is 12.1 Å². The summed E-state index contributed by atoms with van der Waals surface area (Å²) >= 11 is 0. The second-order valence-electron chi connectivity index (χ2n) is 10.8. The minimum atomic E-state index is -0.465. The van der Waals surface area contributed by atoms with Crippen molar-refractivity contribution in [3.63, 3.8) is 0 Å². The van der Waals surface area contributed by atoms with Gasteiger partial charge in [-0.3, -0.25) is 19.4 Å². The molecule has 10 heteroatoms. The number of benzene rings is 1. The van der Waals surface area contributed by atoms with E-state index in [2.05, 4.69) is 9.97 Å². The monoisotopic (exact) mass is 559 g/mol. The van der Waals surface area contributed by atoms with Gasteiger partial charge in [-0.05, 0) is 42.8 Å². The molecule has 2 aromatic heterocycles. The van der Waals surface area contributed by atoms with E-state index in [-0.39, 0.29) is 54.7 Å². The first kappa shape index (κ1) is 29.7. The Balaban J connectivity index is 1.66. The molecule has 3 aromatic rings. The summed E-state index contributed by atoms with van der Waals surface area (Å²) < 4.78 is 6.35. The Labute approximate surface area is 240 Å². The maximum Gasteiger partial charge on any atom is 0.259 e. The third kappa shape index (κ3) is 6.89. The number of carbonyl (C=O) groups excluding carboxylic acids is 3. The van der Waals surface area contributed by atoms with Crippen LogP contribution in [0.3, 0.4) is 0 Å². The second kappa shape index (κ2) is 12.9. The Morgan fingerprint density at radius 2 is 1.88 bits per heavy atom. The van der Waals surface area contributed by atoms with Crippen LogP contribution in [-0.2, 0) is 11.2 Å². The standard InChI is InChI=1S/C31H37N5O5/c1-20-17-36(21(2)19-37)31(40)26-14-24(22-9-8-10-23(13-22)30(39)34(3)4)16-33-29(26)41-27(20)18-35(5)28(38)15-25-11-6-7-12-32-25/h6-14,16,20-21,27,37H,15,17-19H2,1-5H3/t20-,21-,27-/m0/s1. The van der Waals surface area contributed by atoms with Gasteiger partial charge in [0, 0.05) is 62.8 Å². The van der Waals surface area contributed by atoms with Crippen molar-refractivity contribution >= 4 is 17.7 Å². The maximum absolute atomic E-state index is 13.8. The number of pyridine rings is 2. The Morgan fingerprint density at radius 1 is 1.10 bits per heavy atom. The summed E-state index contributed by atoms with van der Waals surface area (Å²) in [4.78, 5) is 52.8. The number of aliphatic hydroxyl groups excluding tert-OH is 1. The van der Waals surface area contributed by atoms with E-state index >= 15 is 0 Å². The van der Waals surface area contributed by atoms with Gasteiger partial charge in [0.15, 0.2) is 0 Å². The molecule has 41 heavy (non-hydrogen) atoms. The second-order valence-corrected chi connectivity index (χ2v) is 10.8. The highest BCUT2D eigenvalue weighted by atomic mass is 16.5. The van der Waals surface area contributed by atoms with Crippen molar-refractivity contribution in [2.75, 3.05) is 40.8 Å². The first-order valence-corrected chi connectivity index (χ1v) is 13.6. The number of amides is 3. The molecule has 0 bridgehead atoms. The van der Waals surface area contributed by atoms with Gasteiger partial charge in [-0.1, -0.05) is 25.1 Å². The lowest BCUT2D eigenvalue weighted by Crippen LogP contribution is -2.50. The molecule has 1 aliphatic rings. The summed E-state index contributed by atoms with van der Waals surface area (Å²) in [6.07, 6.45) is 2.97. The molecule has 3 atom stereocenters. The van der Waals surface area contributed by atoms with Gasteiger partial charge in [-0.25, -0.2) is 4.98 Å². The zero-order valence-corrected chi connectivity index (χ0v) is 24.2. The predicted molar refractivity (Wildman–Crippen MR) is 154 cm³/mol. The molecule has 0 saturated carbocycles. The maximum atomic E-state index is 13.8. The van der Waals surface area contributed by atoms with Crippen molar-refractivity contribution in [3.05, 3.63) is 77.7 Å². The van der Waals surface area contributed by atoms with Crippen LogP contribution in [0.25, 0.3) is 11.1 Å². The van der Waals surface area contributed by atoms with Gasteiger partial charge in [0.05, 0.1) is 25.6 Å². The van der Waals surface area contributed by atoms with Crippen molar-refractivity contribution in [3.8, 4) is 17.0 Å². The molecule has 1 aromatic carbocycles. The fourth-order valence-corrected chi connectivity index (χ4v) is 4.73. The van der Waals surface area contributed by atoms with Crippen LogP contribution >= 0.6 is 0 Å². The topological polar surface area (TPSA) is 116 Å². The molecule has 1 N–H and O–H groups in total. The van der Waals surface area contributed by atoms with Crippen LogP contribution < -0.4 is 4.74 Å². The smallest absolute Gasteiger partial charge is 0.259 e. The molecule has 0 spiro atoms. The molecule has 0 unspecified atom stereocenters. The molecule has 3 amide bonds. The van der Waals surface area contributed by atoms with Crippen molar-refractivity contribution in [1.29, 1.82) is 0 Å². The number of hydrogen-bond acceptors (Lipinski definition) is 7. The van der Waals surface area contributed by atoms with Gasteiger partial charge >= 0.3 is 0 Å². The number of aliphatic hydroxyl groups is 1. The van der Waals surface area contributed by atoms with Gasteiger partial charge in [-0.15, -0.1) is 0 Å². The SMILES string of the molecule is C[C@H]1CN([C@@H](C)CO)C(=O)c2cc(-c3cccc(C(=O)N(C)C)c3)cnc2O[C@H]1CN(C)C(=O)Cc1ccccn1. The van der Waals surface area contributed by atoms with Crippen LogP contribution in [0.2, 0.25) is 0 Å². The zero-order chi connectivity index (χ0) is 29.7. The summed E-state index contributed by atoms with van der Waals surface area (Å²) in [6.45, 7) is 4.14. The van der Waals surface area contributed by atoms with Crippen LogP contribution in [0.15, 0.2) is 60.9 Å². The molecule has 0 radical (unpaired) electrons. The summed E-state index contributed by atoms with van der Waals surface area (Å²) in [7, 11) is 5.10. The Morgan fingerprint density at radius 3 is 2.56 bits per heavy atom. The van der Waals surface area contributed by atoms with Crippen molar-refractivity contribution in [2.24, 2.45) is 5.92 Å². The minimum Gasteiger partial charge on any atom is -0.472 e. The third-order valence-electron chi connectivity index (χ3n) is 7.31. The van der Waals surface area contributed by atoms with E-state index in [1.54, 1.807) is 80.6 Å². The van der Waals surface area contributed by atoms with E-state index in [1.807, 2.05) is 25.1 Å². The number of rotatable bonds is 8. The van der Waals surface area contributed by atoms with E-state index in [0.29, 0.717) is 23.4 Å². The normalized spacial score (nSPS) is 17.5. The molecule has 10 nitrogen and oxygen atoms in total. The average Bonchev–Trinajstić information content (AvgIpc) is 2.98. The van der Waals surface area contributed by atoms with Gasteiger partial charge in [0.1, 0.15) is 11.7 Å². The lowest BCUT2D eigenvalue weighted by Gasteiger charge is -2.37. The van der Waals surface area contributed by atoms with E-state index in [4.69, 9.17) is 4.74 Å². The van der Waals surface area contributed by atoms with Gasteiger partial charge in [-0.2, -0.15) is 0 Å². The highest BCUT2D eigenvalue weighted by molar-refractivity contribution is 5.98. The molecule has 0 aliphatic carbocycles. The Hall–Kier alpha value is -4.31. The molecule has 0 saturated heterocycles. The lowest BCUT2D eigenvalue weighted by molar-refractivity contribution is -0.130. The summed E-state index contributed by atoms with van der Waals surface area (Å²) in [5.41, 5.74) is 2.84. The number of hydrogen-bond donors (Lipinski definition) is 1. The Kier molecular flexibility index (Phi) is 9.34. The molecule has 1 aliphatic heterocycles. The summed E-state index contributed by atoms with van der Waals surface area (Å²) in [6, 6.07) is 13.9. The predicted octanol–water partition coefficient (Wildman–Crippen LogP) is 2.77. The first-order chi connectivity index (χ1) is 19.6. The quantitative estimate of drug-likeness (QED) is 0.451. The molecule has 216 valence electrons. The van der Waals surface area contributed by atoms with Crippen molar-refractivity contribution < 1.29 is 24.2 Å². The van der Waals surface area contributed by atoms with Crippen LogP contribution in [0.1, 0.15) is 40.3 Å². The molecule has 3 heterocycles. The number of fused-ring (bicyclic) bond motifs is 1. The zero-order valence-electron chi connectivity index (χ0n) is 24.2. The number of likely N-dealkylation sites (N-methyl/N-ethyl adjacent to an activating group) is 1. The largest absolute Gasteiger partial charge is 0.472 e. The highest BCUT2D eigenvalue weighted by Gasteiger charge is 2.35. The number of aromatic nitrogens is 2. The minimum absolute atomic E-state index is 0.103. The molecule has 0 fully saturated rings. The molecule has 4 rings (SSSR count). The first-order valence-electron chi connectivity index (χ1n) is 13.6. The fourth-order valence-electron chi connectivity index (χ4n) is 4.73. The number of ether oxygens (including phenoxy) is 1. The van der Waals surface area contributed by atoms with Crippen LogP contribution in [0, 0.1) is 5.92 Å². The van der Waals surface area contributed by atoms with Crippen LogP contribution in [-0.4, -0.2) is 100 Å². The van der Waals surface area contributed by atoms with Crippen LogP contribution in [0.5, 0.6) is 5.88 Å². The van der Waals surface area contributed by atoms with Gasteiger partial charge in [0.25, 0.3) is 11.8 Å². The van der Waals surface area contributed by atoms with Crippen LogP contribution in [0.4, 0.5) is 0 Å². The van der Waals surface area contributed by atoms with Crippen molar-refractivity contribution in [1.82, 2.24) is 24.7 Å². The van der Waals surface area contributed by atoms with Gasteiger partial charge in [0.2, 0.25) is 11.8 Å². The average molecular weight is 560 g/mol. The van der Waals surface area contributed by atoms with E-state index in [1.165, 1.54) is 4.90 Å². The third-order valence-corrected chi connectivity index (χ3v) is 7.31. The van der Waals surface area contributed by atoms with Gasteiger partial charge < -0.3 is 24.5 Å². The summed E-state index contributed by atoms with van der Waals surface area (Å²) in [5.74, 6) is -0.542. The Bertz CT molecular complexity index is 1400. The molecular weight excluding hydrogens is 522 g/mol. The fraction of sp³-hybridized carbons (Fsp3) is 0.387.